The van der Waals surface area contributed by atoms with Gasteiger partial charge in [-0.3, -0.25) is 4.79 Å². The number of benzene rings is 1. The number of fused-ring (bicyclic) bond motifs is 1. The third-order valence-electron chi connectivity index (χ3n) is 4.36. The molecule has 0 radical (unpaired) electrons. The van der Waals surface area contributed by atoms with Gasteiger partial charge in [0, 0.05) is 5.02 Å². The van der Waals surface area contributed by atoms with Gasteiger partial charge in [0.05, 0.1) is 11.7 Å². The van der Waals surface area contributed by atoms with Gasteiger partial charge in [0.15, 0.2) is 5.65 Å². The van der Waals surface area contributed by atoms with Crippen LogP contribution in [0.15, 0.2) is 47.4 Å². The van der Waals surface area contributed by atoms with E-state index >= 15 is 0 Å². The van der Waals surface area contributed by atoms with Crippen LogP contribution in [0.3, 0.4) is 0 Å². The van der Waals surface area contributed by atoms with Gasteiger partial charge >= 0.3 is 5.69 Å². The molecule has 25 heavy (non-hydrogen) atoms. The Morgan fingerprint density at radius 2 is 1.96 bits per heavy atom. The largest absolute Gasteiger partial charge is 0.350 e. The molecule has 1 aliphatic rings. The first-order valence-electron chi connectivity index (χ1n) is 7.79. The summed E-state index contributed by atoms with van der Waals surface area (Å²) in [4.78, 5) is 24.6. The van der Waals surface area contributed by atoms with E-state index in [1.807, 2.05) is 12.1 Å². The number of carbonyl (C=O) groups is 1. The van der Waals surface area contributed by atoms with Crippen LogP contribution >= 0.6 is 11.6 Å². The zero-order valence-electron chi connectivity index (χ0n) is 13.1. The van der Waals surface area contributed by atoms with E-state index in [0.717, 1.165) is 33.7 Å². The van der Waals surface area contributed by atoms with Gasteiger partial charge in [-0.05, 0) is 42.7 Å². The Morgan fingerprint density at radius 3 is 2.64 bits per heavy atom. The zero-order chi connectivity index (χ0) is 17.6. The Bertz CT molecular complexity index is 1020. The molecule has 128 valence electrons. The summed E-state index contributed by atoms with van der Waals surface area (Å²) in [6, 6.07) is 9.94. The quantitative estimate of drug-likeness (QED) is 0.774. The van der Waals surface area contributed by atoms with Crippen molar-refractivity contribution in [3.05, 3.63) is 69.5 Å². The third kappa shape index (κ3) is 2.91. The average molecular weight is 361 g/mol. The smallest absolute Gasteiger partial charge is 0.345 e. The highest BCUT2D eigenvalue weighted by Gasteiger charge is 2.45. The van der Waals surface area contributed by atoms with Crippen LogP contribution < -0.4 is 11.0 Å². The summed E-state index contributed by atoms with van der Waals surface area (Å²) in [7, 11) is 0. The van der Waals surface area contributed by atoms with Crippen molar-refractivity contribution in [3.63, 3.8) is 0 Å². The van der Waals surface area contributed by atoms with Gasteiger partial charge in [-0.15, -0.1) is 5.10 Å². The van der Waals surface area contributed by atoms with Crippen molar-refractivity contribution in [2.24, 2.45) is 0 Å². The summed E-state index contributed by atoms with van der Waals surface area (Å²) >= 11 is 5.90. The third-order valence-corrected chi connectivity index (χ3v) is 4.61. The molecule has 1 saturated carbocycles. The number of hydrogen-bond acceptors (Lipinski definition) is 3. The van der Waals surface area contributed by atoms with Crippen molar-refractivity contribution < 1.29 is 9.18 Å². The van der Waals surface area contributed by atoms with Crippen molar-refractivity contribution >= 4 is 23.2 Å². The van der Waals surface area contributed by atoms with Crippen LogP contribution in [0.2, 0.25) is 5.02 Å². The fraction of sp³-hybridized carbons (Fsp3) is 0.235. The van der Waals surface area contributed by atoms with Gasteiger partial charge in [-0.25, -0.2) is 18.3 Å². The first-order chi connectivity index (χ1) is 12.0. The van der Waals surface area contributed by atoms with Crippen LogP contribution in [0, 0.1) is 5.82 Å². The van der Waals surface area contributed by atoms with E-state index in [1.54, 1.807) is 12.1 Å². The molecule has 0 saturated heterocycles. The second-order valence-corrected chi connectivity index (χ2v) is 6.59. The number of halogens is 2. The topological polar surface area (TPSA) is 68.4 Å². The Labute approximate surface area is 146 Å². The van der Waals surface area contributed by atoms with Gasteiger partial charge in [-0.1, -0.05) is 23.7 Å². The van der Waals surface area contributed by atoms with E-state index < -0.39 is 17.0 Å². The molecule has 4 rings (SSSR count). The van der Waals surface area contributed by atoms with Crippen LogP contribution in [-0.4, -0.2) is 20.1 Å². The molecule has 1 aliphatic carbocycles. The molecule has 1 fully saturated rings. The standard InChI is InChI=1S/C17H14ClFN4O2/c18-12-3-1-11(2-4-12)17(7-8-17)20-15(24)10-23-16(25)22-9-13(19)5-6-14(22)21-23/h1-6,9H,7-8,10H2,(H,20,24). The second kappa shape index (κ2) is 5.70. The minimum Gasteiger partial charge on any atom is -0.345 e. The summed E-state index contributed by atoms with van der Waals surface area (Å²) in [6.45, 7) is -0.225. The van der Waals surface area contributed by atoms with Crippen molar-refractivity contribution in [3.8, 4) is 0 Å². The molecular weight excluding hydrogens is 347 g/mol. The van der Waals surface area contributed by atoms with E-state index in [0.29, 0.717) is 5.02 Å². The highest BCUT2D eigenvalue weighted by molar-refractivity contribution is 6.30. The van der Waals surface area contributed by atoms with E-state index in [-0.39, 0.29) is 18.1 Å². The highest BCUT2D eigenvalue weighted by atomic mass is 35.5. The number of nitrogens with one attached hydrogen (secondary N) is 1. The highest BCUT2D eigenvalue weighted by Crippen LogP contribution is 2.45. The zero-order valence-corrected chi connectivity index (χ0v) is 13.8. The van der Waals surface area contributed by atoms with Gasteiger partial charge < -0.3 is 5.32 Å². The molecule has 1 amide bonds. The summed E-state index contributed by atoms with van der Waals surface area (Å²) in [6.07, 6.45) is 2.70. The first-order valence-corrected chi connectivity index (χ1v) is 8.16. The van der Waals surface area contributed by atoms with Gasteiger partial charge in [0.1, 0.15) is 12.4 Å². The molecule has 1 aromatic carbocycles. The van der Waals surface area contributed by atoms with E-state index in [2.05, 4.69) is 10.4 Å². The summed E-state index contributed by atoms with van der Waals surface area (Å²) in [5, 5.41) is 7.65. The number of amides is 1. The van der Waals surface area contributed by atoms with E-state index in [9.17, 15) is 14.0 Å². The maximum absolute atomic E-state index is 13.2. The van der Waals surface area contributed by atoms with Crippen LogP contribution in [0.1, 0.15) is 18.4 Å². The molecule has 8 heteroatoms. The number of aromatic nitrogens is 3. The predicted octanol–water partition coefficient (Wildman–Crippen LogP) is 2.09. The van der Waals surface area contributed by atoms with E-state index in [4.69, 9.17) is 11.6 Å². The van der Waals surface area contributed by atoms with Gasteiger partial charge in [-0.2, -0.15) is 0 Å². The van der Waals surface area contributed by atoms with Crippen molar-refractivity contribution in [1.82, 2.24) is 19.5 Å². The van der Waals surface area contributed by atoms with Gasteiger partial charge in [0.25, 0.3) is 0 Å². The molecule has 3 aromatic rings. The van der Waals surface area contributed by atoms with Crippen LogP contribution in [0.25, 0.3) is 5.65 Å². The Balaban J connectivity index is 1.54. The lowest BCUT2D eigenvalue weighted by Gasteiger charge is -2.18. The summed E-state index contributed by atoms with van der Waals surface area (Å²) in [5.41, 5.74) is 0.310. The lowest BCUT2D eigenvalue weighted by Crippen LogP contribution is -2.39. The Morgan fingerprint density at radius 1 is 1.24 bits per heavy atom. The van der Waals surface area contributed by atoms with Crippen molar-refractivity contribution in [2.45, 2.75) is 24.9 Å². The van der Waals surface area contributed by atoms with Crippen LogP contribution in [-0.2, 0) is 16.9 Å². The first kappa shape index (κ1) is 15.8. The Kier molecular flexibility index (Phi) is 3.61. The minimum absolute atomic E-state index is 0.225. The number of hydrogen-bond donors (Lipinski definition) is 1. The maximum atomic E-state index is 13.2. The molecule has 0 bridgehead atoms. The molecule has 6 nitrogen and oxygen atoms in total. The number of pyridine rings is 1. The number of rotatable bonds is 4. The number of nitrogens with zero attached hydrogens (tertiary/aromatic N) is 3. The maximum Gasteiger partial charge on any atom is 0.350 e. The fourth-order valence-electron chi connectivity index (χ4n) is 2.92. The minimum atomic E-state index is -0.555. The monoisotopic (exact) mass is 360 g/mol. The van der Waals surface area contributed by atoms with Crippen molar-refractivity contribution in [1.29, 1.82) is 0 Å². The molecule has 0 aliphatic heterocycles. The normalized spacial score (nSPS) is 15.3. The summed E-state index contributed by atoms with van der Waals surface area (Å²) < 4.78 is 15.4. The Hall–Kier alpha value is -2.67. The lowest BCUT2D eigenvalue weighted by atomic mass is 10.1. The van der Waals surface area contributed by atoms with E-state index in [1.165, 1.54) is 12.1 Å². The molecule has 0 atom stereocenters. The molecule has 0 spiro atoms. The predicted molar refractivity (Wildman–Crippen MR) is 89.9 cm³/mol. The lowest BCUT2D eigenvalue weighted by molar-refractivity contribution is -0.123. The van der Waals surface area contributed by atoms with Crippen molar-refractivity contribution in [2.75, 3.05) is 0 Å². The SMILES string of the molecule is O=C(Cn1nc2ccc(F)cn2c1=O)NC1(c2ccc(Cl)cc2)CC1. The molecule has 2 aromatic heterocycles. The van der Waals surface area contributed by atoms with Crippen LogP contribution in [0.5, 0.6) is 0 Å². The molecular formula is C17H14ClFN4O2. The molecule has 0 unspecified atom stereocenters. The van der Waals surface area contributed by atoms with Crippen LogP contribution in [0.4, 0.5) is 4.39 Å². The average Bonchev–Trinajstić information content (AvgIpc) is 3.29. The number of carbonyl (C=O) groups excluding carboxylic acids is 1. The second-order valence-electron chi connectivity index (χ2n) is 6.15. The fourth-order valence-corrected chi connectivity index (χ4v) is 3.04. The summed E-state index contributed by atoms with van der Waals surface area (Å²) in [5.74, 6) is -0.864. The van der Waals surface area contributed by atoms with Gasteiger partial charge in [0.2, 0.25) is 5.91 Å². The molecule has 2 heterocycles. The molecule has 1 N–H and O–H groups in total.